The molecular weight excluding hydrogens is 334 g/mol. The Kier molecular flexibility index (Phi) is 4.50. The number of aromatic amines is 1. The van der Waals surface area contributed by atoms with Crippen LogP contribution in [0.1, 0.15) is 23.9 Å². The van der Waals surface area contributed by atoms with Crippen molar-refractivity contribution in [2.75, 3.05) is 16.8 Å². The molecule has 26 heavy (non-hydrogen) atoms. The number of rotatable bonds is 4. The number of nitrogens with zero attached hydrogens (tertiary/aromatic N) is 3. The summed E-state index contributed by atoms with van der Waals surface area (Å²) in [7, 11) is 0. The van der Waals surface area contributed by atoms with Crippen LogP contribution >= 0.6 is 0 Å². The van der Waals surface area contributed by atoms with E-state index < -0.39 is 23.9 Å². The van der Waals surface area contributed by atoms with E-state index in [9.17, 15) is 14.4 Å². The molecule has 0 bridgehead atoms. The van der Waals surface area contributed by atoms with Gasteiger partial charge in [0.15, 0.2) is 0 Å². The van der Waals surface area contributed by atoms with Gasteiger partial charge in [-0.25, -0.2) is 4.79 Å². The number of hydrogen-bond acceptors (Lipinski definition) is 4. The number of H-pyrrole nitrogens is 1. The maximum absolute atomic E-state index is 12.7. The van der Waals surface area contributed by atoms with E-state index in [4.69, 9.17) is 0 Å². The Morgan fingerprint density at radius 3 is 2.42 bits per heavy atom. The number of aromatic nitrogens is 2. The van der Waals surface area contributed by atoms with Crippen molar-refractivity contribution in [3.05, 3.63) is 41.2 Å². The van der Waals surface area contributed by atoms with Gasteiger partial charge >= 0.3 is 6.03 Å². The minimum Gasteiger partial charge on any atom is -0.321 e. The highest BCUT2D eigenvalue weighted by Gasteiger charge is 2.44. The fourth-order valence-corrected chi connectivity index (χ4v) is 2.97. The van der Waals surface area contributed by atoms with Crippen molar-refractivity contribution in [1.29, 1.82) is 0 Å². The standard InChI is InChI=1S/C18H21N5O3/c1-10-5-7-14(8-6-10)23-13(4)17(25)22(18(23)26)9-15(24)19-16-11(2)20-21-12(16)3/h5-8,13H,9H2,1-4H3,(H,19,24)(H,20,21). The number of imide groups is 1. The second kappa shape index (κ2) is 6.62. The van der Waals surface area contributed by atoms with E-state index in [1.165, 1.54) is 4.90 Å². The average Bonchev–Trinajstić information content (AvgIpc) is 3.02. The van der Waals surface area contributed by atoms with Gasteiger partial charge in [0.2, 0.25) is 5.91 Å². The molecule has 8 nitrogen and oxygen atoms in total. The van der Waals surface area contributed by atoms with Crippen LogP contribution in [0.15, 0.2) is 24.3 Å². The minimum absolute atomic E-state index is 0.339. The molecule has 2 aromatic rings. The van der Waals surface area contributed by atoms with Crippen molar-refractivity contribution in [3.63, 3.8) is 0 Å². The molecule has 1 unspecified atom stereocenters. The van der Waals surface area contributed by atoms with E-state index in [2.05, 4.69) is 15.5 Å². The van der Waals surface area contributed by atoms with Gasteiger partial charge in [0.1, 0.15) is 12.6 Å². The summed E-state index contributed by atoms with van der Waals surface area (Å²) in [4.78, 5) is 39.9. The Morgan fingerprint density at radius 2 is 1.85 bits per heavy atom. The molecule has 0 radical (unpaired) electrons. The van der Waals surface area contributed by atoms with E-state index in [-0.39, 0.29) is 6.54 Å². The summed E-state index contributed by atoms with van der Waals surface area (Å²) in [6.45, 7) is 6.80. The van der Waals surface area contributed by atoms with Crippen LogP contribution in [0, 0.1) is 20.8 Å². The van der Waals surface area contributed by atoms with Gasteiger partial charge in [-0.2, -0.15) is 5.10 Å². The SMILES string of the molecule is Cc1ccc(N2C(=O)N(CC(=O)Nc3c(C)n[nH]c3C)C(=O)C2C)cc1. The van der Waals surface area contributed by atoms with E-state index >= 15 is 0 Å². The summed E-state index contributed by atoms with van der Waals surface area (Å²) < 4.78 is 0. The first-order valence-corrected chi connectivity index (χ1v) is 8.32. The Morgan fingerprint density at radius 1 is 1.19 bits per heavy atom. The molecule has 3 rings (SSSR count). The Balaban J connectivity index is 1.76. The molecule has 1 aliphatic heterocycles. The number of hydrogen-bond donors (Lipinski definition) is 2. The van der Waals surface area contributed by atoms with Gasteiger partial charge in [-0.3, -0.25) is 24.5 Å². The Labute approximate surface area is 151 Å². The Bertz CT molecular complexity index is 852. The molecule has 136 valence electrons. The lowest BCUT2D eigenvalue weighted by molar-refractivity contribution is -0.130. The third-order valence-electron chi connectivity index (χ3n) is 4.45. The minimum atomic E-state index is -0.657. The van der Waals surface area contributed by atoms with E-state index in [0.29, 0.717) is 22.8 Å². The van der Waals surface area contributed by atoms with Gasteiger partial charge in [-0.05, 0) is 39.8 Å². The van der Waals surface area contributed by atoms with Crippen molar-refractivity contribution in [2.45, 2.75) is 33.7 Å². The zero-order valence-corrected chi connectivity index (χ0v) is 15.2. The van der Waals surface area contributed by atoms with Crippen LogP contribution in [-0.2, 0) is 9.59 Å². The largest absolute Gasteiger partial charge is 0.332 e. The molecule has 0 spiro atoms. The lowest BCUT2D eigenvalue weighted by Gasteiger charge is -2.19. The second-order valence-electron chi connectivity index (χ2n) is 6.45. The first kappa shape index (κ1) is 17.7. The van der Waals surface area contributed by atoms with Gasteiger partial charge in [0, 0.05) is 5.69 Å². The van der Waals surface area contributed by atoms with Crippen LogP contribution in [0.2, 0.25) is 0 Å². The third kappa shape index (κ3) is 3.05. The molecule has 2 N–H and O–H groups in total. The third-order valence-corrected chi connectivity index (χ3v) is 4.45. The number of nitrogens with one attached hydrogen (secondary N) is 2. The normalized spacial score (nSPS) is 17.2. The average molecular weight is 355 g/mol. The van der Waals surface area contributed by atoms with Crippen molar-refractivity contribution in [2.24, 2.45) is 0 Å². The summed E-state index contributed by atoms with van der Waals surface area (Å²) in [6.07, 6.45) is 0. The van der Waals surface area contributed by atoms with Crippen LogP contribution < -0.4 is 10.2 Å². The predicted molar refractivity (Wildman–Crippen MR) is 96.9 cm³/mol. The van der Waals surface area contributed by atoms with Crippen molar-refractivity contribution in [3.8, 4) is 0 Å². The van der Waals surface area contributed by atoms with Gasteiger partial charge in [-0.1, -0.05) is 17.7 Å². The van der Waals surface area contributed by atoms with Crippen molar-refractivity contribution >= 4 is 29.2 Å². The molecule has 1 saturated heterocycles. The molecule has 1 fully saturated rings. The number of carbonyl (C=O) groups is 3. The fourth-order valence-electron chi connectivity index (χ4n) is 2.97. The van der Waals surface area contributed by atoms with Gasteiger partial charge in [-0.15, -0.1) is 0 Å². The monoisotopic (exact) mass is 355 g/mol. The van der Waals surface area contributed by atoms with Gasteiger partial charge < -0.3 is 5.32 Å². The lowest BCUT2D eigenvalue weighted by atomic mass is 10.2. The molecular formula is C18H21N5O3. The zero-order chi connectivity index (χ0) is 19.0. The summed E-state index contributed by atoms with van der Waals surface area (Å²) in [5.74, 6) is -0.844. The number of amides is 4. The molecule has 1 aliphatic rings. The highest BCUT2D eigenvalue weighted by molar-refractivity contribution is 6.16. The van der Waals surface area contributed by atoms with Gasteiger partial charge in [0.05, 0.1) is 17.1 Å². The fraction of sp³-hybridized carbons (Fsp3) is 0.333. The van der Waals surface area contributed by atoms with Crippen LogP contribution in [0.5, 0.6) is 0 Å². The molecule has 2 heterocycles. The summed E-state index contributed by atoms with van der Waals surface area (Å²) in [5.41, 5.74) is 3.61. The molecule has 0 aliphatic carbocycles. The van der Waals surface area contributed by atoms with Crippen molar-refractivity contribution < 1.29 is 14.4 Å². The van der Waals surface area contributed by atoms with E-state index in [1.807, 2.05) is 19.1 Å². The van der Waals surface area contributed by atoms with E-state index in [1.54, 1.807) is 32.9 Å². The van der Waals surface area contributed by atoms with Crippen LogP contribution in [0.4, 0.5) is 16.2 Å². The predicted octanol–water partition coefficient (Wildman–Crippen LogP) is 2.13. The smallest absolute Gasteiger partial charge is 0.321 e. The molecule has 1 atom stereocenters. The number of benzene rings is 1. The van der Waals surface area contributed by atoms with E-state index in [0.717, 1.165) is 10.5 Å². The molecule has 0 saturated carbocycles. The maximum atomic E-state index is 12.7. The van der Waals surface area contributed by atoms with Crippen LogP contribution in [-0.4, -0.2) is 45.5 Å². The zero-order valence-electron chi connectivity index (χ0n) is 15.2. The molecule has 1 aromatic heterocycles. The molecule has 8 heteroatoms. The lowest BCUT2D eigenvalue weighted by Crippen LogP contribution is -2.39. The molecule has 4 amide bonds. The highest BCUT2D eigenvalue weighted by Crippen LogP contribution is 2.26. The number of aryl methyl sites for hydroxylation is 3. The summed E-state index contributed by atoms with van der Waals surface area (Å²) in [5, 5.41) is 9.49. The second-order valence-corrected chi connectivity index (χ2v) is 6.45. The first-order chi connectivity index (χ1) is 12.3. The number of urea groups is 1. The molecule has 1 aromatic carbocycles. The summed E-state index contributed by atoms with van der Waals surface area (Å²) >= 11 is 0. The Hall–Kier alpha value is -3.16. The summed E-state index contributed by atoms with van der Waals surface area (Å²) in [6, 6.07) is 6.18. The first-order valence-electron chi connectivity index (χ1n) is 8.32. The van der Waals surface area contributed by atoms with Crippen LogP contribution in [0.3, 0.4) is 0 Å². The van der Waals surface area contributed by atoms with Gasteiger partial charge in [0.25, 0.3) is 5.91 Å². The quantitative estimate of drug-likeness (QED) is 0.821. The maximum Gasteiger partial charge on any atom is 0.332 e. The highest BCUT2D eigenvalue weighted by atomic mass is 16.2. The topological polar surface area (TPSA) is 98.4 Å². The van der Waals surface area contributed by atoms with Crippen LogP contribution in [0.25, 0.3) is 0 Å². The number of carbonyl (C=O) groups excluding carboxylic acids is 3. The van der Waals surface area contributed by atoms with Crippen molar-refractivity contribution in [1.82, 2.24) is 15.1 Å². The number of anilines is 2.